The number of carbonyl (C=O) groups is 1. The molecule has 0 radical (unpaired) electrons. The number of nitrogens with zero attached hydrogens (tertiary/aromatic N) is 1. The Balaban J connectivity index is 1.79. The minimum absolute atomic E-state index is 0.136. The second kappa shape index (κ2) is 4.83. The summed E-state index contributed by atoms with van der Waals surface area (Å²) in [5.74, 6) is -0.327. The molecule has 1 fully saturated rings. The molecule has 6 heteroatoms. The van der Waals surface area contributed by atoms with E-state index >= 15 is 0 Å². The third-order valence-electron chi connectivity index (χ3n) is 6.85. The average Bonchev–Trinajstić information content (AvgIpc) is 3.14. The molecular weight excluding hydrogens is 420 g/mol. The molecular formula is C22H17BrN2O3. The van der Waals surface area contributed by atoms with Crippen LogP contribution < -0.4 is 5.32 Å². The molecule has 3 N–H and O–H groups in total. The lowest BCUT2D eigenvalue weighted by molar-refractivity contribution is -0.174. The number of likely N-dealkylation sites (tertiary alicyclic amines) is 1. The van der Waals surface area contributed by atoms with Crippen molar-refractivity contribution in [2.75, 3.05) is 18.9 Å². The van der Waals surface area contributed by atoms with Crippen molar-refractivity contribution in [2.24, 2.45) is 0 Å². The van der Waals surface area contributed by atoms with E-state index in [4.69, 9.17) is 0 Å². The fourth-order valence-corrected chi connectivity index (χ4v) is 6.20. The number of likely N-dealkylation sites (N-methyl/N-ethyl adjacent to an activating group) is 1. The van der Waals surface area contributed by atoms with Gasteiger partial charge in [-0.1, -0.05) is 52.3 Å². The summed E-state index contributed by atoms with van der Waals surface area (Å²) >= 11 is 3.49. The molecule has 2 aliphatic heterocycles. The van der Waals surface area contributed by atoms with Crippen LogP contribution in [0.2, 0.25) is 0 Å². The lowest BCUT2D eigenvalue weighted by atomic mass is 9.68. The number of anilines is 1. The average molecular weight is 437 g/mol. The van der Waals surface area contributed by atoms with E-state index < -0.39 is 16.7 Å². The molecule has 1 spiro atoms. The van der Waals surface area contributed by atoms with E-state index in [1.54, 1.807) is 11.9 Å². The Morgan fingerprint density at radius 3 is 2.50 bits per heavy atom. The monoisotopic (exact) mass is 436 g/mol. The fourth-order valence-electron chi connectivity index (χ4n) is 5.83. The Morgan fingerprint density at radius 2 is 1.75 bits per heavy atom. The molecule has 28 heavy (non-hydrogen) atoms. The second-order valence-electron chi connectivity index (χ2n) is 7.99. The topological polar surface area (TPSA) is 72.8 Å². The zero-order valence-corrected chi connectivity index (χ0v) is 16.6. The van der Waals surface area contributed by atoms with Crippen LogP contribution in [0, 0.1) is 0 Å². The van der Waals surface area contributed by atoms with Crippen LogP contribution in [0.15, 0.2) is 59.1 Å². The number of rotatable bonds is 0. The molecule has 1 aliphatic carbocycles. The number of carbonyl (C=O) groups excluding carboxylic acids is 1. The molecule has 1 amide bonds. The van der Waals surface area contributed by atoms with Gasteiger partial charge in [-0.3, -0.25) is 9.69 Å². The second-order valence-corrected chi connectivity index (χ2v) is 8.91. The first-order valence-corrected chi connectivity index (χ1v) is 9.95. The molecule has 6 rings (SSSR count). The third kappa shape index (κ3) is 1.46. The smallest absolute Gasteiger partial charge is 0.253 e. The van der Waals surface area contributed by atoms with Crippen molar-refractivity contribution >= 4 is 38.3 Å². The maximum Gasteiger partial charge on any atom is 0.253 e. The van der Waals surface area contributed by atoms with Gasteiger partial charge in [-0.05, 0) is 47.1 Å². The number of nitrogens with one attached hydrogen (secondary N) is 1. The van der Waals surface area contributed by atoms with E-state index in [1.165, 1.54) is 0 Å². The van der Waals surface area contributed by atoms with Crippen LogP contribution in [0.1, 0.15) is 16.7 Å². The van der Waals surface area contributed by atoms with Crippen molar-refractivity contribution in [2.45, 2.75) is 16.7 Å². The highest BCUT2D eigenvalue weighted by molar-refractivity contribution is 9.10. The van der Waals surface area contributed by atoms with Crippen molar-refractivity contribution in [3.05, 3.63) is 75.8 Å². The number of β-amino-alcohol motifs (C(OH)–C–C–N with tert-alkyl or cyclic N) is 1. The highest BCUT2D eigenvalue weighted by Crippen LogP contribution is 2.67. The van der Waals surface area contributed by atoms with Gasteiger partial charge in [-0.2, -0.15) is 0 Å². The quantitative estimate of drug-likeness (QED) is 0.506. The highest BCUT2D eigenvalue weighted by Gasteiger charge is 2.79. The van der Waals surface area contributed by atoms with Gasteiger partial charge in [0.25, 0.3) is 5.91 Å². The lowest BCUT2D eigenvalue weighted by Crippen LogP contribution is -2.60. The number of hydrogen-bond donors (Lipinski definition) is 3. The highest BCUT2D eigenvalue weighted by atomic mass is 79.9. The first kappa shape index (κ1) is 16.7. The summed E-state index contributed by atoms with van der Waals surface area (Å²) < 4.78 is 0.809. The van der Waals surface area contributed by atoms with Crippen LogP contribution in [0.25, 0.3) is 10.8 Å². The number of fused-ring (bicyclic) bond motifs is 6. The van der Waals surface area contributed by atoms with Gasteiger partial charge in [0.2, 0.25) is 0 Å². The maximum atomic E-state index is 13.5. The molecule has 3 aromatic rings. The molecule has 1 saturated heterocycles. The molecule has 0 aromatic heterocycles. The summed E-state index contributed by atoms with van der Waals surface area (Å²) in [6.45, 7) is 0.136. The van der Waals surface area contributed by atoms with E-state index in [0.717, 1.165) is 15.2 Å². The van der Waals surface area contributed by atoms with Crippen molar-refractivity contribution in [3.8, 4) is 0 Å². The van der Waals surface area contributed by atoms with Crippen LogP contribution >= 0.6 is 15.9 Å². The Morgan fingerprint density at radius 1 is 1.04 bits per heavy atom. The predicted octanol–water partition coefficient (Wildman–Crippen LogP) is 2.78. The largest absolute Gasteiger partial charge is 0.380 e. The zero-order chi connectivity index (χ0) is 19.5. The molecule has 3 atom stereocenters. The van der Waals surface area contributed by atoms with Crippen LogP contribution in [-0.2, 0) is 21.5 Å². The molecule has 0 bridgehead atoms. The SMILES string of the molecule is CN1C[C@@]2(O)c3cccc4cccc(c34)[C@@]2(O)C12C(=O)Nc1ccc(Br)cc12. The molecule has 5 nitrogen and oxygen atoms in total. The third-order valence-corrected chi connectivity index (χ3v) is 7.34. The number of hydrogen-bond acceptors (Lipinski definition) is 4. The number of amides is 1. The van der Waals surface area contributed by atoms with Gasteiger partial charge in [0, 0.05) is 22.3 Å². The Kier molecular flexibility index (Phi) is 2.88. The zero-order valence-electron chi connectivity index (χ0n) is 15.0. The summed E-state index contributed by atoms with van der Waals surface area (Å²) in [6.07, 6.45) is 0. The van der Waals surface area contributed by atoms with Gasteiger partial charge >= 0.3 is 0 Å². The van der Waals surface area contributed by atoms with E-state index in [9.17, 15) is 15.0 Å². The lowest BCUT2D eigenvalue weighted by Gasteiger charge is -2.43. The van der Waals surface area contributed by atoms with Gasteiger partial charge in [0.1, 0.15) is 5.60 Å². The van der Waals surface area contributed by atoms with E-state index in [1.807, 2.05) is 54.6 Å². The summed E-state index contributed by atoms with van der Waals surface area (Å²) in [5.41, 5.74) is -2.29. The van der Waals surface area contributed by atoms with Gasteiger partial charge < -0.3 is 15.5 Å². The minimum Gasteiger partial charge on any atom is -0.380 e. The van der Waals surface area contributed by atoms with Crippen molar-refractivity contribution in [1.82, 2.24) is 4.90 Å². The standard InChI is InChI=1S/C22H17BrN2O3/c1-25-11-20(27)14-6-2-4-12-5-3-7-15(18(12)14)22(20,28)21(25)16-10-13(23)8-9-17(16)24-19(21)26/h2-10,27-28H,11H2,1H3,(H,24,26)/t20-,21?,22+/m1/s1. The molecule has 1 unspecified atom stereocenters. The summed E-state index contributed by atoms with van der Waals surface area (Å²) in [5, 5.41) is 29.0. The maximum absolute atomic E-state index is 13.5. The first-order chi connectivity index (χ1) is 13.4. The van der Waals surface area contributed by atoms with E-state index in [2.05, 4.69) is 21.2 Å². The number of aliphatic hydroxyl groups is 2. The van der Waals surface area contributed by atoms with Crippen LogP contribution in [0.3, 0.4) is 0 Å². The molecule has 3 aliphatic rings. The Hall–Kier alpha value is -2.25. The van der Waals surface area contributed by atoms with Crippen molar-refractivity contribution < 1.29 is 15.0 Å². The molecule has 2 heterocycles. The molecule has 3 aromatic carbocycles. The van der Waals surface area contributed by atoms with Crippen LogP contribution in [0.4, 0.5) is 5.69 Å². The summed E-state index contributed by atoms with van der Waals surface area (Å²) in [7, 11) is 1.78. The minimum atomic E-state index is -1.83. The van der Waals surface area contributed by atoms with Gasteiger partial charge in [-0.25, -0.2) is 0 Å². The fraction of sp³-hybridized carbons (Fsp3) is 0.227. The summed E-state index contributed by atoms with van der Waals surface area (Å²) in [6, 6.07) is 16.9. The van der Waals surface area contributed by atoms with Crippen molar-refractivity contribution in [1.29, 1.82) is 0 Å². The Bertz CT molecular complexity index is 1220. The Labute approximate surface area is 169 Å². The molecule has 140 valence electrons. The summed E-state index contributed by atoms with van der Waals surface area (Å²) in [4.78, 5) is 15.3. The normalized spacial score (nSPS) is 32.8. The van der Waals surface area contributed by atoms with Crippen molar-refractivity contribution in [3.63, 3.8) is 0 Å². The van der Waals surface area contributed by atoms with Crippen LogP contribution in [0.5, 0.6) is 0 Å². The predicted molar refractivity (Wildman–Crippen MR) is 109 cm³/mol. The van der Waals surface area contributed by atoms with E-state index in [0.29, 0.717) is 22.4 Å². The number of halogens is 1. The van der Waals surface area contributed by atoms with Crippen LogP contribution in [-0.4, -0.2) is 34.6 Å². The van der Waals surface area contributed by atoms with Gasteiger partial charge in [0.05, 0.1) is 0 Å². The number of benzene rings is 3. The van der Waals surface area contributed by atoms with Gasteiger partial charge in [-0.15, -0.1) is 0 Å². The van der Waals surface area contributed by atoms with Gasteiger partial charge in [0.15, 0.2) is 11.1 Å². The van der Waals surface area contributed by atoms with E-state index in [-0.39, 0.29) is 12.5 Å². The molecule has 0 saturated carbocycles. The first-order valence-electron chi connectivity index (χ1n) is 9.16.